The quantitative estimate of drug-likeness (QED) is 0.690. The molecule has 0 radical (unpaired) electrons. The molecule has 156 valence electrons. The minimum atomic E-state index is -3.45. The maximum absolute atomic E-state index is 13.1. The van der Waals surface area contributed by atoms with Gasteiger partial charge in [-0.2, -0.15) is 0 Å². The fourth-order valence-electron chi connectivity index (χ4n) is 4.26. The summed E-state index contributed by atoms with van der Waals surface area (Å²) in [6.45, 7) is 0. The molecule has 0 aliphatic heterocycles. The molecular weight excluding hydrogens is 396 g/mol. The minimum Gasteiger partial charge on any atom is -0.329 e. The predicted octanol–water partition coefficient (Wildman–Crippen LogP) is 3.82. The molecule has 1 N–H and O–H groups in total. The van der Waals surface area contributed by atoms with Crippen LogP contribution in [0.3, 0.4) is 0 Å². The summed E-state index contributed by atoms with van der Waals surface area (Å²) in [6.07, 6.45) is 9.37. The third kappa shape index (κ3) is 4.07. The Labute approximate surface area is 177 Å². The van der Waals surface area contributed by atoms with Crippen LogP contribution in [0.25, 0.3) is 6.08 Å². The average Bonchev–Trinajstić information content (AvgIpc) is 3.67. The minimum absolute atomic E-state index is 0.0336. The number of amides is 1. The zero-order valence-corrected chi connectivity index (χ0v) is 17.6. The van der Waals surface area contributed by atoms with E-state index in [0.717, 1.165) is 44.1 Å². The first-order valence-electron chi connectivity index (χ1n) is 10.7. The Morgan fingerprint density at radius 3 is 2.40 bits per heavy atom. The van der Waals surface area contributed by atoms with E-state index in [1.165, 1.54) is 11.1 Å². The fourth-order valence-corrected chi connectivity index (χ4v) is 5.57. The summed E-state index contributed by atoms with van der Waals surface area (Å²) in [5, 5.41) is 0. The van der Waals surface area contributed by atoms with Gasteiger partial charge in [0.15, 0.2) is 0 Å². The summed E-state index contributed by atoms with van der Waals surface area (Å²) < 4.78 is 27.3. The van der Waals surface area contributed by atoms with Gasteiger partial charge < -0.3 is 4.90 Å². The lowest BCUT2D eigenvalue weighted by molar-refractivity contribution is -0.129. The molecule has 0 spiro atoms. The normalized spacial score (nSPS) is 21.0. The van der Waals surface area contributed by atoms with Gasteiger partial charge in [0.05, 0.1) is 10.9 Å². The van der Waals surface area contributed by atoms with Gasteiger partial charge in [-0.3, -0.25) is 4.79 Å². The van der Waals surface area contributed by atoms with E-state index in [1.807, 2.05) is 0 Å². The number of sulfonamides is 1. The highest BCUT2D eigenvalue weighted by Gasteiger charge is 2.39. The molecule has 2 aromatic rings. The molecule has 0 bridgehead atoms. The molecule has 0 heterocycles. The molecule has 0 saturated heterocycles. The highest BCUT2D eigenvalue weighted by Crippen LogP contribution is 2.41. The van der Waals surface area contributed by atoms with Gasteiger partial charge in [-0.1, -0.05) is 36.4 Å². The van der Waals surface area contributed by atoms with Crippen LogP contribution < -0.4 is 4.72 Å². The topological polar surface area (TPSA) is 66.5 Å². The van der Waals surface area contributed by atoms with Crippen molar-refractivity contribution in [1.82, 2.24) is 9.62 Å². The number of nitrogens with one attached hydrogen (secondary N) is 1. The van der Waals surface area contributed by atoms with Gasteiger partial charge in [-0.15, -0.1) is 0 Å². The number of nitrogens with zero attached hydrogens (tertiary/aromatic N) is 1. The Hall–Kier alpha value is -2.44. The predicted molar refractivity (Wildman–Crippen MR) is 116 cm³/mol. The molecule has 2 aromatic carbocycles. The molecule has 2 saturated carbocycles. The molecule has 1 amide bonds. The number of carbonyl (C=O) groups excluding carboxylic acids is 1. The Morgan fingerprint density at radius 1 is 0.967 bits per heavy atom. The molecular formula is C24H26N2O3S. The molecule has 3 aliphatic carbocycles. The molecule has 1 unspecified atom stereocenters. The standard InChI is InChI=1S/C24H26N2O3S/c27-24(26(20-11-12-20)23-15-8-18-3-1-2-4-22(18)23)16-7-17-5-13-21(14-6-17)30(28,29)25-19-9-10-19/h1-7,13-14,16,19-20,23,25H,8-12,15H2/b16-7+. The van der Waals surface area contributed by atoms with E-state index in [4.69, 9.17) is 0 Å². The van der Waals surface area contributed by atoms with Gasteiger partial charge in [0.25, 0.3) is 0 Å². The van der Waals surface area contributed by atoms with Crippen LogP contribution in [0.2, 0.25) is 0 Å². The van der Waals surface area contributed by atoms with Crippen molar-refractivity contribution >= 4 is 22.0 Å². The third-order valence-corrected chi connectivity index (χ3v) is 7.68. The van der Waals surface area contributed by atoms with Crippen LogP contribution >= 0.6 is 0 Å². The van der Waals surface area contributed by atoms with E-state index < -0.39 is 10.0 Å². The summed E-state index contributed by atoms with van der Waals surface area (Å²) in [5.41, 5.74) is 3.45. The zero-order valence-electron chi connectivity index (χ0n) is 16.8. The summed E-state index contributed by atoms with van der Waals surface area (Å²) in [7, 11) is -3.45. The monoisotopic (exact) mass is 422 g/mol. The Balaban J connectivity index is 1.30. The summed E-state index contributed by atoms with van der Waals surface area (Å²) >= 11 is 0. The number of carbonyl (C=O) groups is 1. The molecule has 3 aliphatic rings. The van der Waals surface area contributed by atoms with Crippen molar-refractivity contribution in [3.8, 4) is 0 Å². The third-order valence-electron chi connectivity index (χ3n) is 6.14. The largest absolute Gasteiger partial charge is 0.329 e. The van der Waals surface area contributed by atoms with E-state index in [0.29, 0.717) is 6.04 Å². The van der Waals surface area contributed by atoms with Crippen LogP contribution in [0.5, 0.6) is 0 Å². The van der Waals surface area contributed by atoms with Crippen LogP contribution in [0.4, 0.5) is 0 Å². The molecule has 1 atom stereocenters. The first kappa shape index (κ1) is 19.5. The molecule has 5 rings (SSSR count). The number of aryl methyl sites for hydroxylation is 1. The van der Waals surface area contributed by atoms with Crippen LogP contribution in [0.1, 0.15) is 54.8 Å². The zero-order chi connectivity index (χ0) is 20.7. The number of benzene rings is 2. The Bertz CT molecular complexity index is 1080. The van der Waals surface area contributed by atoms with Gasteiger partial charge in [0.2, 0.25) is 15.9 Å². The maximum atomic E-state index is 13.1. The second-order valence-corrected chi connectivity index (χ2v) is 10.2. The van der Waals surface area contributed by atoms with Crippen molar-refractivity contribution in [2.45, 2.75) is 61.5 Å². The van der Waals surface area contributed by atoms with Gasteiger partial charge in [0, 0.05) is 18.2 Å². The molecule has 0 aromatic heterocycles. The first-order valence-corrected chi connectivity index (χ1v) is 12.2. The van der Waals surface area contributed by atoms with Crippen molar-refractivity contribution in [2.24, 2.45) is 0 Å². The van der Waals surface area contributed by atoms with Crippen LogP contribution in [-0.4, -0.2) is 31.3 Å². The second kappa shape index (κ2) is 7.67. The lowest BCUT2D eigenvalue weighted by Crippen LogP contribution is -2.34. The van der Waals surface area contributed by atoms with Gasteiger partial charge in [-0.25, -0.2) is 13.1 Å². The Kier molecular flexibility index (Phi) is 4.99. The van der Waals surface area contributed by atoms with Crippen molar-refractivity contribution in [1.29, 1.82) is 0 Å². The van der Waals surface area contributed by atoms with Gasteiger partial charge in [-0.05, 0) is 73.4 Å². The van der Waals surface area contributed by atoms with E-state index in [2.05, 4.69) is 33.9 Å². The van der Waals surface area contributed by atoms with Crippen LogP contribution in [0.15, 0.2) is 59.5 Å². The smallest absolute Gasteiger partial charge is 0.247 e. The van der Waals surface area contributed by atoms with Crippen molar-refractivity contribution in [2.75, 3.05) is 0 Å². The van der Waals surface area contributed by atoms with Crippen molar-refractivity contribution < 1.29 is 13.2 Å². The summed E-state index contributed by atoms with van der Waals surface area (Å²) in [6, 6.07) is 15.7. The van der Waals surface area contributed by atoms with Gasteiger partial charge >= 0.3 is 0 Å². The van der Waals surface area contributed by atoms with Crippen LogP contribution in [0, 0.1) is 0 Å². The maximum Gasteiger partial charge on any atom is 0.247 e. The molecule has 5 nitrogen and oxygen atoms in total. The molecule has 6 heteroatoms. The summed E-state index contributed by atoms with van der Waals surface area (Å²) in [5.74, 6) is 0.0336. The molecule has 2 fully saturated rings. The summed E-state index contributed by atoms with van der Waals surface area (Å²) in [4.78, 5) is 15.4. The highest BCUT2D eigenvalue weighted by molar-refractivity contribution is 7.89. The lowest BCUT2D eigenvalue weighted by Gasteiger charge is -2.29. The number of hydrogen-bond acceptors (Lipinski definition) is 3. The van der Waals surface area contributed by atoms with Gasteiger partial charge in [0.1, 0.15) is 0 Å². The lowest BCUT2D eigenvalue weighted by atomic mass is 10.1. The van der Waals surface area contributed by atoms with Crippen molar-refractivity contribution in [3.63, 3.8) is 0 Å². The van der Waals surface area contributed by atoms with E-state index in [9.17, 15) is 13.2 Å². The number of fused-ring (bicyclic) bond motifs is 1. The van der Waals surface area contributed by atoms with E-state index in [-0.39, 0.29) is 22.9 Å². The van der Waals surface area contributed by atoms with E-state index in [1.54, 1.807) is 36.4 Å². The first-order chi connectivity index (χ1) is 14.5. The van der Waals surface area contributed by atoms with Crippen molar-refractivity contribution in [3.05, 3.63) is 71.3 Å². The fraction of sp³-hybridized carbons (Fsp3) is 0.375. The highest BCUT2D eigenvalue weighted by atomic mass is 32.2. The van der Waals surface area contributed by atoms with Crippen LogP contribution in [-0.2, 0) is 21.2 Å². The second-order valence-electron chi connectivity index (χ2n) is 8.53. The number of hydrogen-bond donors (Lipinski definition) is 1. The molecule has 30 heavy (non-hydrogen) atoms. The SMILES string of the molecule is O=C(/C=C/c1ccc(S(=O)(=O)NC2CC2)cc1)N(C1CC1)C1CCc2ccccc21. The van der Waals surface area contributed by atoms with E-state index >= 15 is 0 Å². The Morgan fingerprint density at radius 2 is 1.70 bits per heavy atom. The number of rotatable bonds is 7. The average molecular weight is 423 g/mol.